The summed E-state index contributed by atoms with van der Waals surface area (Å²) in [6.07, 6.45) is 6.13. The van der Waals surface area contributed by atoms with E-state index < -0.39 is 0 Å². The lowest BCUT2D eigenvalue weighted by molar-refractivity contribution is 0.353. The summed E-state index contributed by atoms with van der Waals surface area (Å²) >= 11 is 0. The van der Waals surface area contributed by atoms with Gasteiger partial charge in [-0.05, 0) is 97.8 Å². The van der Waals surface area contributed by atoms with Crippen LogP contribution in [0.1, 0.15) is 48.8 Å². The Bertz CT molecular complexity index is 3100. The Hall–Kier alpha value is -7.67. The molecule has 0 amide bonds. The van der Waals surface area contributed by atoms with Crippen molar-refractivity contribution < 1.29 is 0 Å². The molecule has 11 rings (SSSR count). The van der Waals surface area contributed by atoms with E-state index >= 15 is 0 Å². The summed E-state index contributed by atoms with van der Waals surface area (Å²) < 4.78 is 0. The fraction of sp³-hybridized carbons (Fsp3) is 0.102. The molecule has 0 bridgehead atoms. The first kappa shape index (κ1) is 37.3. The number of hydrogen-bond donors (Lipinski definition) is 0. The highest BCUT2D eigenvalue weighted by Crippen LogP contribution is 2.58. The van der Waals surface area contributed by atoms with E-state index in [0.717, 1.165) is 44.8 Å². The van der Waals surface area contributed by atoms with Crippen LogP contribution in [0.3, 0.4) is 0 Å². The van der Waals surface area contributed by atoms with Crippen molar-refractivity contribution in [2.24, 2.45) is 0 Å². The summed E-state index contributed by atoms with van der Waals surface area (Å²) in [5.41, 5.74) is 20.5. The minimum atomic E-state index is 0.0524. The number of fused-ring (bicyclic) bond motifs is 5. The monoisotopic (exact) mass is 793 g/mol. The third-order valence-electron chi connectivity index (χ3n) is 13.2. The van der Waals surface area contributed by atoms with Crippen LogP contribution >= 0.6 is 0 Å². The van der Waals surface area contributed by atoms with Crippen LogP contribution < -0.4 is 0 Å². The second-order valence-electron chi connectivity index (χ2n) is 16.7. The molecule has 1 heterocycles. The van der Waals surface area contributed by atoms with Crippen LogP contribution in [-0.4, -0.2) is 9.97 Å². The molecule has 2 aliphatic carbocycles. The topological polar surface area (TPSA) is 49.6 Å². The third kappa shape index (κ3) is 6.71. The highest BCUT2D eigenvalue weighted by atomic mass is 14.9. The fourth-order valence-corrected chi connectivity index (χ4v) is 10.0. The number of aromatic nitrogens is 2. The standard InChI is InChI=1S/C59H43N3/c60-39-40-17-34-53-52(37-40)57-51(15-10-16-54(57)59(53)35-8-3-9-36-59)47-28-22-45(23-29-47)43-18-20-44(21-19-43)46-26-32-49(33-27-46)56-38-55(61-58(62-56)50-13-6-2-7-14-50)48-30-24-42(25-31-48)41-11-4-1-5-12-41/h1-2,4-7,10-34,37-38H,3,8-9,35-36H2. The van der Waals surface area contributed by atoms with Crippen molar-refractivity contribution in [1.29, 1.82) is 5.26 Å². The Morgan fingerprint density at radius 2 is 0.839 bits per heavy atom. The molecule has 3 nitrogen and oxygen atoms in total. The first-order valence-electron chi connectivity index (χ1n) is 21.7. The van der Waals surface area contributed by atoms with Gasteiger partial charge in [-0.25, -0.2) is 9.97 Å². The molecular formula is C59H43N3. The van der Waals surface area contributed by atoms with Gasteiger partial charge in [0.25, 0.3) is 0 Å². The number of nitrogens with zero attached hydrogens (tertiary/aromatic N) is 3. The van der Waals surface area contributed by atoms with Gasteiger partial charge in [0.05, 0.1) is 23.0 Å². The minimum absolute atomic E-state index is 0.0524. The van der Waals surface area contributed by atoms with E-state index in [-0.39, 0.29) is 5.41 Å². The zero-order valence-corrected chi connectivity index (χ0v) is 34.4. The summed E-state index contributed by atoms with van der Waals surface area (Å²) in [4.78, 5) is 10.1. The molecule has 0 aliphatic heterocycles. The molecule has 9 aromatic rings. The van der Waals surface area contributed by atoms with Gasteiger partial charge in [0, 0.05) is 22.1 Å². The van der Waals surface area contributed by atoms with Crippen molar-refractivity contribution in [1.82, 2.24) is 9.97 Å². The largest absolute Gasteiger partial charge is 0.228 e. The quantitative estimate of drug-likeness (QED) is 0.161. The average molecular weight is 794 g/mol. The molecule has 0 saturated heterocycles. The second kappa shape index (κ2) is 15.7. The van der Waals surface area contributed by atoms with Gasteiger partial charge in [0.2, 0.25) is 0 Å². The van der Waals surface area contributed by atoms with Gasteiger partial charge in [0.1, 0.15) is 0 Å². The number of benzene rings is 8. The maximum absolute atomic E-state index is 9.84. The first-order valence-corrected chi connectivity index (χ1v) is 21.7. The number of rotatable bonds is 7. The van der Waals surface area contributed by atoms with Gasteiger partial charge in [-0.15, -0.1) is 0 Å². The van der Waals surface area contributed by atoms with Crippen molar-refractivity contribution in [3.05, 3.63) is 217 Å². The molecule has 0 unspecified atom stereocenters. The van der Waals surface area contributed by atoms with Gasteiger partial charge >= 0.3 is 0 Å². The molecule has 0 radical (unpaired) electrons. The molecule has 0 N–H and O–H groups in total. The van der Waals surface area contributed by atoms with Crippen LogP contribution in [0.5, 0.6) is 0 Å². The summed E-state index contributed by atoms with van der Waals surface area (Å²) in [5, 5.41) is 9.84. The average Bonchev–Trinajstić information content (AvgIpc) is 3.62. The molecule has 62 heavy (non-hydrogen) atoms. The molecule has 0 atom stereocenters. The molecule has 1 spiro atoms. The normalized spacial score (nSPS) is 13.6. The molecule has 8 aromatic carbocycles. The maximum Gasteiger partial charge on any atom is 0.160 e. The SMILES string of the molecule is N#Cc1ccc2c(c1)-c1c(-c3ccc(-c4ccc(-c5ccc(-c6cc(-c7ccc(-c8ccccc8)cc7)nc(-c7ccccc7)n6)cc5)cc4)cc3)cccc1C21CCCCC1. The van der Waals surface area contributed by atoms with E-state index in [1.54, 1.807) is 0 Å². The summed E-state index contributed by atoms with van der Waals surface area (Å²) in [6.45, 7) is 0. The lowest BCUT2D eigenvalue weighted by Crippen LogP contribution is -2.28. The van der Waals surface area contributed by atoms with E-state index in [1.807, 2.05) is 30.3 Å². The predicted octanol–water partition coefficient (Wildman–Crippen LogP) is 15.2. The zero-order chi connectivity index (χ0) is 41.5. The maximum atomic E-state index is 9.84. The third-order valence-corrected chi connectivity index (χ3v) is 13.2. The molecule has 3 heteroatoms. The highest BCUT2D eigenvalue weighted by Gasteiger charge is 2.44. The number of nitriles is 1. The Labute approximate surface area is 363 Å². The van der Waals surface area contributed by atoms with Crippen LogP contribution in [0.15, 0.2) is 200 Å². The lowest BCUT2D eigenvalue weighted by atomic mass is 9.67. The van der Waals surface area contributed by atoms with Gasteiger partial charge in [-0.2, -0.15) is 5.26 Å². The molecule has 294 valence electrons. The van der Waals surface area contributed by atoms with Crippen LogP contribution in [-0.2, 0) is 5.41 Å². The van der Waals surface area contributed by atoms with Crippen molar-refractivity contribution in [3.63, 3.8) is 0 Å². The summed E-state index contributed by atoms with van der Waals surface area (Å²) in [6, 6.07) is 73.6. The van der Waals surface area contributed by atoms with Crippen LogP contribution in [0, 0.1) is 11.3 Å². The van der Waals surface area contributed by atoms with Crippen molar-refractivity contribution in [2.45, 2.75) is 37.5 Å². The van der Waals surface area contributed by atoms with Gasteiger partial charge in [-0.1, -0.05) is 201 Å². The molecular weight excluding hydrogens is 751 g/mol. The Morgan fingerprint density at radius 1 is 0.371 bits per heavy atom. The Morgan fingerprint density at radius 3 is 1.35 bits per heavy atom. The smallest absolute Gasteiger partial charge is 0.160 e. The predicted molar refractivity (Wildman–Crippen MR) is 254 cm³/mol. The van der Waals surface area contributed by atoms with Crippen LogP contribution in [0.4, 0.5) is 0 Å². The van der Waals surface area contributed by atoms with Crippen molar-refractivity contribution in [2.75, 3.05) is 0 Å². The van der Waals surface area contributed by atoms with E-state index in [9.17, 15) is 5.26 Å². The molecule has 1 saturated carbocycles. The Balaban J connectivity index is 0.857. The zero-order valence-electron chi connectivity index (χ0n) is 34.4. The Kier molecular flexibility index (Phi) is 9.48. The highest BCUT2D eigenvalue weighted by molar-refractivity contribution is 5.93. The fourth-order valence-electron chi connectivity index (χ4n) is 10.0. The molecule has 2 aliphatic rings. The molecule has 1 fully saturated rings. The molecule has 1 aromatic heterocycles. The van der Waals surface area contributed by atoms with Crippen molar-refractivity contribution >= 4 is 0 Å². The van der Waals surface area contributed by atoms with Crippen LogP contribution in [0.2, 0.25) is 0 Å². The lowest BCUT2D eigenvalue weighted by Gasteiger charge is -2.36. The number of hydrogen-bond acceptors (Lipinski definition) is 3. The van der Waals surface area contributed by atoms with Gasteiger partial charge in [0.15, 0.2) is 5.82 Å². The van der Waals surface area contributed by atoms with E-state index in [2.05, 4.69) is 176 Å². The van der Waals surface area contributed by atoms with E-state index in [1.165, 1.54) is 87.7 Å². The van der Waals surface area contributed by atoms with Gasteiger partial charge in [-0.3, -0.25) is 0 Å². The summed E-state index contributed by atoms with van der Waals surface area (Å²) in [5.74, 6) is 0.706. The van der Waals surface area contributed by atoms with Crippen molar-refractivity contribution in [3.8, 4) is 95.6 Å². The first-order chi connectivity index (χ1) is 30.6. The second-order valence-corrected chi connectivity index (χ2v) is 16.7. The summed E-state index contributed by atoms with van der Waals surface area (Å²) in [7, 11) is 0. The van der Waals surface area contributed by atoms with Gasteiger partial charge < -0.3 is 0 Å². The van der Waals surface area contributed by atoms with E-state index in [0.29, 0.717) is 5.82 Å². The van der Waals surface area contributed by atoms with E-state index in [4.69, 9.17) is 9.97 Å². The minimum Gasteiger partial charge on any atom is -0.228 e. The van der Waals surface area contributed by atoms with Crippen LogP contribution in [0.25, 0.3) is 89.5 Å².